The van der Waals surface area contributed by atoms with E-state index in [1.807, 2.05) is 0 Å². The van der Waals surface area contributed by atoms with Gasteiger partial charge in [0.15, 0.2) is 12.4 Å². The van der Waals surface area contributed by atoms with Gasteiger partial charge in [-0.2, -0.15) is 0 Å². The fraction of sp³-hybridized carbons (Fsp3) is 0.0714. The Morgan fingerprint density at radius 3 is 2.65 bits per heavy atom. The van der Waals surface area contributed by atoms with Crippen LogP contribution in [0.15, 0.2) is 42.5 Å². The van der Waals surface area contributed by atoms with Crippen LogP contribution in [-0.2, 0) is 4.79 Å². The molecule has 0 aliphatic carbocycles. The number of nitrogens with one attached hydrogen (secondary N) is 1. The third-order valence-electron chi connectivity index (χ3n) is 2.45. The fourth-order valence-corrected chi connectivity index (χ4v) is 2.01. The molecule has 20 heavy (non-hydrogen) atoms. The monoisotopic (exact) mass is 310 g/mol. The number of benzene rings is 2. The molecule has 2 aromatic carbocycles. The number of hydrogen-bond acceptors (Lipinski definition) is 3. The highest BCUT2D eigenvalue weighted by molar-refractivity contribution is 6.32. The number of carbonyl (C=O) groups is 1. The number of nitrogens with two attached hydrogens (primary N) is 1. The lowest BCUT2D eigenvalue weighted by atomic mass is 10.3. The van der Waals surface area contributed by atoms with Gasteiger partial charge in [0.05, 0.1) is 10.7 Å². The zero-order valence-corrected chi connectivity index (χ0v) is 11.9. The topological polar surface area (TPSA) is 64.3 Å². The summed E-state index contributed by atoms with van der Waals surface area (Å²) in [7, 11) is 0. The SMILES string of the molecule is Nc1cccc(Cl)c1OCC(=O)Nc1cccc(Cl)c1. The van der Waals surface area contributed by atoms with Crippen molar-refractivity contribution in [2.24, 2.45) is 0 Å². The van der Waals surface area contributed by atoms with E-state index < -0.39 is 0 Å². The van der Waals surface area contributed by atoms with E-state index >= 15 is 0 Å². The number of para-hydroxylation sites is 1. The molecule has 0 aliphatic rings. The maximum absolute atomic E-state index is 11.8. The Morgan fingerprint density at radius 2 is 1.95 bits per heavy atom. The van der Waals surface area contributed by atoms with Gasteiger partial charge in [-0.1, -0.05) is 35.3 Å². The van der Waals surface area contributed by atoms with Gasteiger partial charge < -0.3 is 15.8 Å². The average Bonchev–Trinajstić information content (AvgIpc) is 2.38. The van der Waals surface area contributed by atoms with Crippen LogP contribution in [0.25, 0.3) is 0 Å². The highest BCUT2D eigenvalue weighted by atomic mass is 35.5. The number of rotatable bonds is 4. The van der Waals surface area contributed by atoms with E-state index in [0.29, 0.717) is 27.2 Å². The highest BCUT2D eigenvalue weighted by Gasteiger charge is 2.09. The molecule has 0 saturated heterocycles. The molecule has 0 unspecified atom stereocenters. The molecule has 0 radical (unpaired) electrons. The number of carbonyl (C=O) groups excluding carboxylic acids is 1. The van der Waals surface area contributed by atoms with E-state index in [1.54, 1.807) is 42.5 Å². The molecule has 0 bridgehead atoms. The fourth-order valence-electron chi connectivity index (χ4n) is 1.58. The van der Waals surface area contributed by atoms with Gasteiger partial charge in [0, 0.05) is 10.7 Å². The molecule has 6 heteroatoms. The quantitative estimate of drug-likeness (QED) is 0.848. The van der Waals surface area contributed by atoms with Gasteiger partial charge in [-0.15, -0.1) is 0 Å². The van der Waals surface area contributed by atoms with E-state index in [4.69, 9.17) is 33.7 Å². The summed E-state index contributed by atoms with van der Waals surface area (Å²) < 4.78 is 5.33. The molecular formula is C14H12Cl2N2O2. The normalized spacial score (nSPS) is 10.1. The van der Waals surface area contributed by atoms with Crippen molar-refractivity contribution in [1.29, 1.82) is 0 Å². The van der Waals surface area contributed by atoms with Crippen LogP contribution < -0.4 is 15.8 Å². The van der Waals surface area contributed by atoms with Crippen LogP contribution in [-0.4, -0.2) is 12.5 Å². The van der Waals surface area contributed by atoms with Gasteiger partial charge in [-0.05, 0) is 30.3 Å². The molecule has 0 spiro atoms. The highest BCUT2D eigenvalue weighted by Crippen LogP contribution is 2.30. The standard InChI is InChI=1S/C14H12Cl2N2O2/c15-9-3-1-4-10(7-9)18-13(19)8-20-14-11(16)5-2-6-12(14)17/h1-7H,8,17H2,(H,18,19). The van der Waals surface area contributed by atoms with Crippen molar-refractivity contribution in [3.05, 3.63) is 52.5 Å². The number of halogens is 2. The first-order chi connectivity index (χ1) is 9.56. The van der Waals surface area contributed by atoms with E-state index in [-0.39, 0.29) is 12.5 Å². The molecule has 3 N–H and O–H groups in total. The van der Waals surface area contributed by atoms with Gasteiger partial charge >= 0.3 is 0 Å². The van der Waals surface area contributed by atoms with Crippen LogP contribution in [0, 0.1) is 0 Å². The van der Waals surface area contributed by atoms with Crippen LogP contribution >= 0.6 is 23.2 Å². The van der Waals surface area contributed by atoms with Crippen LogP contribution in [0.1, 0.15) is 0 Å². The van der Waals surface area contributed by atoms with Crippen molar-refractivity contribution >= 4 is 40.5 Å². The Labute approximate surface area is 126 Å². The molecule has 0 fully saturated rings. The van der Waals surface area contributed by atoms with Crippen LogP contribution in [0.2, 0.25) is 10.0 Å². The lowest BCUT2D eigenvalue weighted by Crippen LogP contribution is -2.20. The third kappa shape index (κ3) is 3.79. The molecule has 0 aliphatic heterocycles. The second-order valence-electron chi connectivity index (χ2n) is 4.01. The summed E-state index contributed by atoms with van der Waals surface area (Å²) in [5.74, 6) is -0.0259. The Kier molecular flexibility index (Phi) is 4.71. The first kappa shape index (κ1) is 14.5. The number of anilines is 2. The number of nitrogen functional groups attached to an aromatic ring is 1. The molecule has 0 atom stereocenters. The Bertz CT molecular complexity index is 612. The minimum atomic E-state index is -0.327. The summed E-state index contributed by atoms with van der Waals surface area (Å²) in [5.41, 5.74) is 6.70. The molecule has 104 valence electrons. The smallest absolute Gasteiger partial charge is 0.262 e. The summed E-state index contributed by atoms with van der Waals surface area (Å²) in [5, 5.41) is 3.56. The molecule has 0 aromatic heterocycles. The van der Waals surface area contributed by atoms with E-state index in [9.17, 15) is 4.79 Å². The van der Waals surface area contributed by atoms with Crippen molar-refractivity contribution in [1.82, 2.24) is 0 Å². The van der Waals surface area contributed by atoms with Gasteiger partial charge in [0.25, 0.3) is 5.91 Å². The molecule has 2 rings (SSSR count). The largest absolute Gasteiger partial charge is 0.480 e. The van der Waals surface area contributed by atoms with Crippen molar-refractivity contribution in [2.45, 2.75) is 0 Å². The maximum atomic E-state index is 11.8. The first-order valence-electron chi connectivity index (χ1n) is 5.78. The van der Waals surface area contributed by atoms with E-state index in [2.05, 4.69) is 5.32 Å². The lowest BCUT2D eigenvalue weighted by molar-refractivity contribution is -0.118. The van der Waals surface area contributed by atoms with Crippen molar-refractivity contribution < 1.29 is 9.53 Å². The predicted octanol–water partition coefficient (Wildman–Crippen LogP) is 3.59. The van der Waals surface area contributed by atoms with Gasteiger partial charge in [-0.3, -0.25) is 4.79 Å². The maximum Gasteiger partial charge on any atom is 0.262 e. The van der Waals surface area contributed by atoms with Gasteiger partial charge in [0.2, 0.25) is 0 Å². The molecule has 4 nitrogen and oxygen atoms in total. The zero-order valence-electron chi connectivity index (χ0n) is 10.4. The predicted molar refractivity (Wildman–Crippen MR) is 81.4 cm³/mol. The minimum absolute atomic E-state index is 0.194. The van der Waals surface area contributed by atoms with Crippen LogP contribution in [0.3, 0.4) is 0 Å². The summed E-state index contributed by atoms with van der Waals surface area (Å²) in [6, 6.07) is 11.8. The molecule has 0 heterocycles. The Balaban J connectivity index is 1.96. The first-order valence-corrected chi connectivity index (χ1v) is 6.54. The number of ether oxygens (including phenoxy) is 1. The molecule has 1 amide bonds. The summed E-state index contributed by atoms with van der Waals surface area (Å²) in [6.07, 6.45) is 0. The number of amides is 1. The summed E-state index contributed by atoms with van der Waals surface area (Å²) in [4.78, 5) is 11.8. The third-order valence-corrected chi connectivity index (χ3v) is 2.99. The van der Waals surface area contributed by atoms with Gasteiger partial charge in [0.1, 0.15) is 0 Å². The second-order valence-corrected chi connectivity index (χ2v) is 4.85. The molecular weight excluding hydrogens is 299 g/mol. The lowest BCUT2D eigenvalue weighted by Gasteiger charge is -2.10. The summed E-state index contributed by atoms with van der Waals surface area (Å²) in [6.45, 7) is -0.194. The second kappa shape index (κ2) is 6.50. The summed E-state index contributed by atoms with van der Waals surface area (Å²) >= 11 is 11.8. The van der Waals surface area contributed by atoms with E-state index in [0.717, 1.165) is 0 Å². The van der Waals surface area contributed by atoms with Crippen LogP contribution in [0.5, 0.6) is 5.75 Å². The minimum Gasteiger partial charge on any atom is -0.480 e. The van der Waals surface area contributed by atoms with Crippen molar-refractivity contribution in [3.8, 4) is 5.75 Å². The van der Waals surface area contributed by atoms with Crippen LogP contribution in [0.4, 0.5) is 11.4 Å². The van der Waals surface area contributed by atoms with E-state index in [1.165, 1.54) is 0 Å². The molecule has 2 aromatic rings. The zero-order chi connectivity index (χ0) is 14.5. The Hall–Kier alpha value is -1.91. The Morgan fingerprint density at radius 1 is 1.20 bits per heavy atom. The molecule has 0 saturated carbocycles. The average molecular weight is 311 g/mol. The van der Waals surface area contributed by atoms with Gasteiger partial charge in [-0.25, -0.2) is 0 Å². The van der Waals surface area contributed by atoms with Crippen molar-refractivity contribution in [2.75, 3.05) is 17.7 Å². The van der Waals surface area contributed by atoms with Crippen molar-refractivity contribution in [3.63, 3.8) is 0 Å². The number of hydrogen-bond donors (Lipinski definition) is 2.